The van der Waals surface area contributed by atoms with Crippen LogP contribution < -0.4 is 10.6 Å². The normalized spacial score (nSPS) is 19.9. The summed E-state index contributed by atoms with van der Waals surface area (Å²) in [5, 5.41) is 7.65. The first kappa shape index (κ1) is 12.8. The summed E-state index contributed by atoms with van der Waals surface area (Å²) in [5.41, 5.74) is 1.29. The third kappa shape index (κ3) is 3.99. The molecule has 0 radical (unpaired) electrons. The van der Waals surface area contributed by atoms with E-state index in [1.165, 1.54) is 12.0 Å². The average Bonchev–Trinajstić information content (AvgIpc) is 2.70. The third-order valence-corrected chi connectivity index (χ3v) is 2.82. The van der Waals surface area contributed by atoms with Gasteiger partial charge in [0.25, 0.3) is 0 Å². The fourth-order valence-electron chi connectivity index (χ4n) is 1.69. The van der Waals surface area contributed by atoms with E-state index in [1.54, 1.807) is 0 Å². The number of nitrogens with one attached hydrogen (secondary N) is 2. The zero-order valence-electron chi connectivity index (χ0n) is 8.50. The van der Waals surface area contributed by atoms with Crippen LogP contribution in [-0.2, 0) is 6.54 Å². The molecule has 1 aliphatic heterocycles. The minimum Gasteiger partial charge on any atom is -0.315 e. The maximum Gasteiger partial charge on any atom is 0.0406 e. The molecule has 0 amide bonds. The lowest BCUT2D eigenvalue weighted by Crippen LogP contribution is -2.30. The van der Waals surface area contributed by atoms with Gasteiger partial charge in [0.2, 0.25) is 0 Å². The van der Waals surface area contributed by atoms with Gasteiger partial charge in [-0.05, 0) is 30.7 Å². The first-order valence-corrected chi connectivity index (χ1v) is 5.41. The standard InChI is InChI=1S/C11H15ClN2.ClH/c12-10-3-1-9(2-4-10)7-14-11-5-6-13-8-11;/h1-4,11,13-14H,5-8H2;1H. The molecule has 0 aromatic heterocycles. The summed E-state index contributed by atoms with van der Waals surface area (Å²) >= 11 is 5.81. The van der Waals surface area contributed by atoms with Crippen molar-refractivity contribution in [3.63, 3.8) is 0 Å². The molecule has 1 heterocycles. The number of halogens is 2. The SMILES string of the molecule is Cl.Clc1ccc(CNC2CCNC2)cc1. The molecular formula is C11H16Cl2N2. The van der Waals surface area contributed by atoms with E-state index in [-0.39, 0.29) is 12.4 Å². The monoisotopic (exact) mass is 246 g/mol. The molecule has 4 heteroatoms. The molecule has 1 aromatic carbocycles. The highest BCUT2D eigenvalue weighted by Crippen LogP contribution is 2.09. The lowest BCUT2D eigenvalue weighted by atomic mass is 10.2. The number of rotatable bonds is 3. The fourth-order valence-corrected chi connectivity index (χ4v) is 1.82. The van der Waals surface area contributed by atoms with Crippen LogP contribution in [0.5, 0.6) is 0 Å². The predicted octanol–water partition coefficient (Wildman–Crippen LogP) is 2.21. The second kappa shape index (κ2) is 6.33. The van der Waals surface area contributed by atoms with Gasteiger partial charge in [0.15, 0.2) is 0 Å². The van der Waals surface area contributed by atoms with Gasteiger partial charge in [0.1, 0.15) is 0 Å². The van der Waals surface area contributed by atoms with Crippen LogP contribution >= 0.6 is 24.0 Å². The van der Waals surface area contributed by atoms with E-state index in [9.17, 15) is 0 Å². The van der Waals surface area contributed by atoms with E-state index in [1.807, 2.05) is 12.1 Å². The van der Waals surface area contributed by atoms with Crippen molar-refractivity contribution in [2.75, 3.05) is 13.1 Å². The number of benzene rings is 1. The van der Waals surface area contributed by atoms with Crippen LogP contribution in [0, 0.1) is 0 Å². The Morgan fingerprint density at radius 2 is 2.07 bits per heavy atom. The van der Waals surface area contributed by atoms with Gasteiger partial charge in [-0.15, -0.1) is 12.4 Å². The van der Waals surface area contributed by atoms with Crippen molar-refractivity contribution in [3.8, 4) is 0 Å². The van der Waals surface area contributed by atoms with Gasteiger partial charge in [0, 0.05) is 24.2 Å². The van der Waals surface area contributed by atoms with E-state index in [0.717, 1.165) is 24.7 Å². The van der Waals surface area contributed by atoms with Gasteiger partial charge >= 0.3 is 0 Å². The summed E-state index contributed by atoms with van der Waals surface area (Å²) in [6, 6.07) is 8.64. The molecule has 1 fully saturated rings. The van der Waals surface area contributed by atoms with Crippen LogP contribution in [0.25, 0.3) is 0 Å². The van der Waals surface area contributed by atoms with Crippen molar-refractivity contribution < 1.29 is 0 Å². The van der Waals surface area contributed by atoms with Crippen molar-refractivity contribution >= 4 is 24.0 Å². The summed E-state index contributed by atoms with van der Waals surface area (Å²) in [7, 11) is 0. The Morgan fingerprint density at radius 1 is 1.33 bits per heavy atom. The van der Waals surface area contributed by atoms with Crippen molar-refractivity contribution in [2.24, 2.45) is 0 Å². The molecule has 0 bridgehead atoms. The molecule has 1 aliphatic rings. The molecular weight excluding hydrogens is 231 g/mol. The summed E-state index contributed by atoms with van der Waals surface area (Å²) in [6.07, 6.45) is 1.23. The Labute approximate surface area is 102 Å². The maximum absolute atomic E-state index is 5.81. The molecule has 84 valence electrons. The van der Waals surface area contributed by atoms with Crippen molar-refractivity contribution in [1.82, 2.24) is 10.6 Å². The Kier molecular flexibility index (Phi) is 5.40. The first-order chi connectivity index (χ1) is 6.84. The molecule has 0 aliphatic carbocycles. The highest BCUT2D eigenvalue weighted by atomic mass is 35.5. The van der Waals surface area contributed by atoms with Gasteiger partial charge in [-0.1, -0.05) is 23.7 Å². The van der Waals surface area contributed by atoms with Gasteiger partial charge in [-0.2, -0.15) is 0 Å². The molecule has 0 spiro atoms. The molecule has 2 N–H and O–H groups in total. The molecule has 1 aromatic rings. The van der Waals surface area contributed by atoms with Crippen LogP contribution in [0.15, 0.2) is 24.3 Å². The molecule has 2 rings (SSSR count). The highest BCUT2D eigenvalue weighted by Gasteiger charge is 2.12. The van der Waals surface area contributed by atoms with E-state index < -0.39 is 0 Å². The highest BCUT2D eigenvalue weighted by molar-refractivity contribution is 6.30. The Bertz CT molecular complexity index is 281. The van der Waals surface area contributed by atoms with Gasteiger partial charge in [0.05, 0.1) is 0 Å². The number of hydrogen-bond acceptors (Lipinski definition) is 2. The second-order valence-electron chi connectivity index (χ2n) is 3.70. The van der Waals surface area contributed by atoms with Crippen LogP contribution in [0.4, 0.5) is 0 Å². The predicted molar refractivity (Wildman–Crippen MR) is 66.8 cm³/mol. The topological polar surface area (TPSA) is 24.1 Å². The average molecular weight is 247 g/mol. The molecule has 2 nitrogen and oxygen atoms in total. The zero-order chi connectivity index (χ0) is 9.80. The van der Waals surface area contributed by atoms with Crippen molar-refractivity contribution in [1.29, 1.82) is 0 Å². The Morgan fingerprint density at radius 3 is 2.67 bits per heavy atom. The van der Waals surface area contributed by atoms with E-state index in [0.29, 0.717) is 6.04 Å². The van der Waals surface area contributed by atoms with E-state index >= 15 is 0 Å². The van der Waals surface area contributed by atoms with Crippen LogP contribution in [0.2, 0.25) is 5.02 Å². The lowest BCUT2D eigenvalue weighted by molar-refractivity contribution is 0.547. The molecule has 1 saturated heterocycles. The first-order valence-electron chi connectivity index (χ1n) is 5.03. The quantitative estimate of drug-likeness (QED) is 0.855. The third-order valence-electron chi connectivity index (χ3n) is 2.57. The molecule has 0 saturated carbocycles. The van der Waals surface area contributed by atoms with Crippen LogP contribution in [-0.4, -0.2) is 19.1 Å². The van der Waals surface area contributed by atoms with Crippen molar-refractivity contribution in [2.45, 2.75) is 19.0 Å². The minimum absolute atomic E-state index is 0. The van der Waals surface area contributed by atoms with E-state index in [4.69, 9.17) is 11.6 Å². The summed E-state index contributed by atoms with van der Waals surface area (Å²) in [4.78, 5) is 0. The van der Waals surface area contributed by atoms with E-state index in [2.05, 4.69) is 22.8 Å². The minimum atomic E-state index is 0. The van der Waals surface area contributed by atoms with Crippen LogP contribution in [0.1, 0.15) is 12.0 Å². The summed E-state index contributed by atoms with van der Waals surface area (Å²) in [5.74, 6) is 0. The molecule has 15 heavy (non-hydrogen) atoms. The molecule has 1 atom stereocenters. The summed E-state index contributed by atoms with van der Waals surface area (Å²) in [6.45, 7) is 3.16. The van der Waals surface area contributed by atoms with Gasteiger partial charge in [-0.25, -0.2) is 0 Å². The van der Waals surface area contributed by atoms with Crippen LogP contribution in [0.3, 0.4) is 0 Å². The fraction of sp³-hybridized carbons (Fsp3) is 0.455. The zero-order valence-corrected chi connectivity index (χ0v) is 10.1. The molecule has 1 unspecified atom stereocenters. The maximum atomic E-state index is 5.81. The van der Waals surface area contributed by atoms with Crippen molar-refractivity contribution in [3.05, 3.63) is 34.9 Å². The Hall–Kier alpha value is -0.280. The van der Waals surface area contributed by atoms with Gasteiger partial charge < -0.3 is 10.6 Å². The largest absolute Gasteiger partial charge is 0.315 e. The summed E-state index contributed by atoms with van der Waals surface area (Å²) < 4.78 is 0. The number of hydrogen-bond donors (Lipinski definition) is 2. The lowest BCUT2D eigenvalue weighted by Gasteiger charge is -2.10. The Balaban J connectivity index is 0.00000112. The van der Waals surface area contributed by atoms with Gasteiger partial charge in [-0.3, -0.25) is 0 Å². The second-order valence-corrected chi connectivity index (χ2v) is 4.13. The smallest absolute Gasteiger partial charge is 0.0406 e.